The first-order valence-electron chi connectivity index (χ1n) is 10.0. The summed E-state index contributed by atoms with van der Waals surface area (Å²) in [4.78, 5) is 11.1. The Morgan fingerprint density at radius 3 is 2.53 bits per heavy atom. The standard InChI is InChI=1S/C25H27NO4/c1-3-29-23-12-18(16-30-24-10-5-4-7-21(24)15-25(27)28)11-22(14-23)20-9-6-8-19(13-20)17(2)26/h4-14,17H,3,15-16,26H2,1-2H3,(H,27,28). The Morgan fingerprint density at radius 2 is 1.80 bits per heavy atom. The smallest absolute Gasteiger partial charge is 0.307 e. The van der Waals surface area contributed by atoms with Gasteiger partial charge in [-0.15, -0.1) is 0 Å². The van der Waals surface area contributed by atoms with Crippen molar-refractivity contribution in [3.8, 4) is 22.6 Å². The second kappa shape index (κ2) is 9.94. The number of carboxylic acids is 1. The first-order chi connectivity index (χ1) is 14.5. The fourth-order valence-electron chi connectivity index (χ4n) is 3.28. The van der Waals surface area contributed by atoms with Crippen molar-refractivity contribution in [3.05, 3.63) is 83.4 Å². The van der Waals surface area contributed by atoms with Crippen molar-refractivity contribution in [2.24, 2.45) is 5.73 Å². The molecule has 0 fully saturated rings. The number of rotatable bonds is 9. The van der Waals surface area contributed by atoms with E-state index in [-0.39, 0.29) is 12.5 Å². The molecule has 0 saturated heterocycles. The van der Waals surface area contributed by atoms with Crippen molar-refractivity contribution in [2.75, 3.05) is 6.61 Å². The van der Waals surface area contributed by atoms with Crippen LogP contribution in [0.1, 0.15) is 36.6 Å². The number of hydrogen-bond donors (Lipinski definition) is 2. The molecule has 156 valence electrons. The number of carbonyl (C=O) groups is 1. The maximum absolute atomic E-state index is 11.1. The Morgan fingerprint density at radius 1 is 1.00 bits per heavy atom. The summed E-state index contributed by atoms with van der Waals surface area (Å²) in [5.41, 5.74) is 10.8. The number of para-hydroxylation sites is 1. The van der Waals surface area contributed by atoms with Crippen LogP contribution in [-0.4, -0.2) is 17.7 Å². The fraction of sp³-hybridized carbons (Fsp3) is 0.240. The molecule has 3 rings (SSSR count). The summed E-state index contributed by atoms with van der Waals surface area (Å²) in [5.74, 6) is 0.446. The van der Waals surface area contributed by atoms with Crippen molar-refractivity contribution < 1.29 is 19.4 Å². The third kappa shape index (κ3) is 5.61. The third-order valence-corrected chi connectivity index (χ3v) is 4.73. The van der Waals surface area contributed by atoms with Gasteiger partial charge in [-0.05, 0) is 66.4 Å². The molecule has 3 aromatic rings. The summed E-state index contributed by atoms with van der Waals surface area (Å²) in [5, 5.41) is 9.11. The second-order valence-corrected chi connectivity index (χ2v) is 7.18. The molecule has 3 aromatic carbocycles. The summed E-state index contributed by atoms with van der Waals surface area (Å²) >= 11 is 0. The molecule has 0 bridgehead atoms. The first-order valence-corrected chi connectivity index (χ1v) is 10.0. The molecule has 0 aromatic heterocycles. The van der Waals surface area contributed by atoms with Crippen LogP contribution in [0.25, 0.3) is 11.1 Å². The Balaban J connectivity index is 1.89. The molecule has 1 atom stereocenters. The topological polar surface area (TPSA) is 81.8 Å². The molecular formula is C25H27NO4. The van der Waals surface area contributed by atoms with Gasteiger partial charge in [0, 0.05) is 11.6 Å². The lowest BCUT2D eigenvalue weighted by Gasteiger charge is -2.14. The van der Waals surface area contributed by atoms with E-state index in [0.717, 1.165) is 28.0 Å². The van der Waals surface area contributed by atoms with Crippen molar-refractivity contribution in [1.29, 1.82) is 0 Å². The largest absolute Gasteiger partial charge is 0.494 e. The monoisotopic (exact) mass is 405 g/mol. The minimum Gasteiger partial charge on any atom is -0.494 e. The van der Waals surface area contributed by atoms with E-state index in [1.54, 1.807) is 12.1 Å². The van der Waals surface area contributed by atoms with Crippen molar-refractivity contribution in [3.63, 3.8) is 0 Å². The summed E-state index contributed by atoms with van der Waals surface area (Å²) in [6.45, 7) is 4.77. The molecule has 30 heavy (non-hydrogen) atoms. The molecule has 0 aliphatic carbocycles. The molecule has 5 nitrogen and oxygen atoms in total. The Bertz CT molecular complexity index is 1010. The average molecular weight is 405 g/mol. The summed E-state index contributed by atoms with van der Waals surface area (Å²) < 4.78 is 11.7. The lowest BCUT2D eigenvalue weighted by Crippen LogP contribution is -2.05. The number of nitrogens with two attached hydrogens (primary N) is 1. The van der Waals surface area contributed by atoms with E-state index >= 15 is 0 Å². The van der Waals surface area contributed by atoms with Gasteiger partial charge in [0.2, 0.25) is 0 Å². The number of hydrogen-bond acceptors (Lipinski definition) is 4. The fourth-order valence-corrected chi connectivity index (χ4v) is 3.28. The zero-order valence-corrected chi connectivity index (χ0v) is 17.3. The normalized spacial score (nSPS) is 11.7. The quantitative estimate of drug-likeness (QED) is 0.525. The van der Waals surface area contributed by atoms with E-state index in [1.807, 2.05) is 56.3 Å². The minimum absolute atomic E-state index is 0.0476. The Kier molecular flexibility index (Phi) is 7.09. The SMILES string of the molecule is CCOc1cc(COc2ccccc2CC(=O)O)cc(-c2cccc(C(C)N)c2)c1. The Hall–Kier alpha value is -3.31. The lowest BCUT2D eigenvalue weighted by molar-refractivity contribution is -0.136. The van der Waals surface area contributed by atoms with Gasteiger partial charge in [-0.2, -0.15) is 0 Å². The number of carboxylic acid groups (broad SMARTS) is 1. The van der Waals surface area contributed by atoms with Gasteiger partial charge in [-0.1, -0.05) is 36.4 Å². The van der Waals surface area contributed by atoms with Gasteiger partial charge in [-0.25, -0.2) is 0 Å². The van der Waals surface area contributed by atoms with Crippen molar-refractivity contribution in [2.45, 2.75) is 32.9 Å². The van der Waals surface area contributed by atoms with Gasteiger partial charge in [0.25, 0.3) is 0 Å². The zero-order valence-electron chi connectivity index (χ0n) is 17.3. The van der Waals surface area contributed by atoms with E-state index in [0.29, 0.717) is 24.5 Å². The molecule has 5 heteroatoms. The van der Waals surface area contributed by atoms with E-state index < -0.39 is 5.97 Å². The van der Waals surface area contributed by atoms with Crippen molar-refractivity contribution in [1.82, 2.24) is 0 Å². The van der Waals surface area contributed by atoms with E-state index in [9.17, 15) is 4.79 Å². The van der Waals surface area contributed by atoms with E-state index in [4.69, 9.17) is 20.3 Å². The van der Waals surface area contributed by atoms with Crippen molar-refractivity contribution >= 4 is 5.97 Å². The van der Waals surface area contributed by atoms with E-state index in [2.05, 4.69) is 12.1 Å². The van der Waals surface area contributed by atoms with Crippen LogP contribution in [-0.2, 0) is 17.8 Å². The predicted octanol–water partition coefficient (Wildman–Crippen LogP) is 4.98. The average Bonchev–Trinajstić information content (AvgIpc) is 2.73. The van der Waals surface area contributed by atoms with Gasteiger partial charge in [0.1, 0.15) is 18.1 Å². The van der Waals surface area contributed by atoms with Crippen LogP contribution in [0.4, 0.5) is 0 Å². The molecule has 0 heterocycles. The predicted molar refractivity (Wildman–Crippen MR) is 118 cm³/mol. The van der Waals surface area contributed by atoms with Crippen LogP contribution in [0, 0.1) is 0 Å². The summed E-state index contributed by atoms with van der Waals surface area (Å²) in [7, 11) is 0. The number of ether oxygens (including phenoxy) is 2. The van der Waals surface area contributed by atoms with Gasteiger partial charge in [0.05, 0.1) is 13.0 Å². The second-order valence-electron chi connectivity index (χ2n) is 7.18. The minimum atomic E-state index is -0.888. The number of benzene rings is 3. The van der Waals surface area contributed by atoms with Gasteiger partial charge in [-0.3, -0.25) is 4.79 Å². The summed E-state index contributed by atoms with van der Waals surface area (Å²) in [6, 6.07) is 21.3. The Labute approximate surface area is 177 Å². The molecule has 0 aliphatic rings. The van der Waals surface area contributed by atoms with Gasteiger partial charge < -0.3 is 20.3 Å². The van der Waals surface area contributed by atoms with Crippen LogP contribution in [0.2, 0.25) is 0 Å². The molecule has 0 spiro atoms. The highest BCUT2D eigenvalue weighted by Crippen LogP contribution is 2.29. The zero-order chi connectivity index (χ0) is 21.5. The van der Waals surface area contributed by atoms with E-state index in [1.165, 1.54) is 0 Å². The molecule has 0 aliphatic heterocycles. The highest BCUT2D eigenvalue weighted by Gasteiger charge is 2.10. The summed E-state index contributed by atoms with van der Waals surface area (Å²) in [6.07, 6.45) is -0.0789. The lowest BCUT2D eigenvalue weighted by atomic mass is 9.99. The van der Waals surface area contributed by atoms with Gasteiger partial charge >= 0.3 is 5.97 Å². The van der Waals surface area contributed by atoms with Crippen LogP contribution in [0.3, 0.4) is 0 Å². The van der Waals surface area contributed by atoms with Gasteiger partial charge in [0.15, 0.2) is 0 Å². The molecule has 1 unspecified atom stereocenters. The molecule has 0 amide bonds. The highest BCUT2D eigenvalue weighted by molar-refractivity contribution is 5.71. The highest BCUT2D eigenvalue weighted by atomic mass is 16.5. The van der Waals surface area contributed by atoms with Crippen LogP contribution < -0.4 is 15.2 Å². The maximum Gasteiger partial charge on any atom is 0.307 e. The molecular weight excluding hydrogens is 378 g/mol. The molecule has 0 radical (unpaired) electrons. The van der Waals surface area contributed by atoms with Crippen LogP contribution in [0.5, 0.6) is 11.5 Å². The molecule has 3 N–H and O–H groups in total. The third-order valence-electron chi connectivity index (χ3n) is 4.73. The van der Waals surface area contributed by atoms with Crippen LogP contribution in [0.15, 0.2) is 66.7 Å². The first kappa shape index (κ1) is 21.4. The maximum atomic E-state index is 11.1. The van der Waals surface area contributed by atoms with Crippen LogP contribution >= 0.6 is 0 Å². The molecule has 0 saturated carbocycles. The number of aliphatic carboxylic acids is 1.